The number of rotatable bonds is 4. The number of hydrogen-bond acceptors (Lipinski definition) is 3. The molecule has 0 aromatic heterocycles. The molecule has 1 amide bonds. The molecule has 0 bridgehead atoms. The molecule has 0 radical (unpaired) electrons. The molecular formula is C12H18F3NO3. The van der Waals surface area contributed by atoms with Crippen molar-refractivity contribution >= 4 is 11.9 Å². The molecule has 7 heteroatoms. The van der Waals surface area contributed by atoms with Gasteiger partial charge in [0.2, 0.25) is 0 Å². The lowest BCUT2D eigenvalue weighted by atomic mass is 10.0. The number of carbonyl (C=O) groups excluding carboxylic acids is 2. The summed E-state index contributed by atoms with van der Waals surface area (Å²) in [7, 11) is 0. The van der Waals surface area contributed by atoms with Crippen LogP contribution in [0.4, 0.5) is 13.2 Å². The highest BCUT2D eigenvalue weighted by Gasteiger charge is 2.42. The molecule has 1 unspecified atom stereocenters. The lowest BCUT2D eigenvalue weighted by molar-refractivity contribution is -0.177. The molecule has 0 aliphatic heterocycles. The smallest absolute Gasteiger partial charge is 0.458 e. The van der Waals surface area contributed by atoms with Crippen LogP contribution in [-0.4, -0.2) is 29.7 Å². The van der Waals surface area contributed by atoms with Gasteiger partial charge in [-0.05, 0) is 20.8 Å². The topological polar surface area (TPSA) is 55.4 Å². The van der Waals surface area contributed by atoms with Crippen molar-refractivity contribution in [3.8, 4) is 0 Å². The lowest BCUT2D eigenvalue weighted by Crippen LogP contribution is -2.51. The zero-order chi connectivity index (χ0) is 15.4. The van der Waals surface area contributed by atoms with E-state index in [0.29, 0.717) is 0 Å². The van der Waals surface area contributed by atoms with Crippen LogP contribution < -0.4 is 5.32 Å². The maximum absolute atomic E-state index is 12.2. The van der Waals surface area contributed by atoms with Crippen LogP contribution in [0, 0.1) is 5.92 Å². The van der Waals surface area contributed by atoms with Gasteiger partial charge in [-0.25, -0.2) is 4.79 Å². The van der Waals surface area contributed by atoms with Crippen LogP contribution in [0.1, 0.15) is 27.7 Å². The highest BCUT2D eigenvalue weighted by atomic mass is 19.4. The van der Waals surface area contributed by atoms with E-state index in [1.807, 2.05) is 0 Å². The van der Waals surface area contributed by atoms with Gasteiger partial charge in [0.1, 0.15) is 11.6 Å². The van der Waals surface area contributed by atoms with Crippen molar-refractivity contribution in [3.05, 3.63) is 12.7 Å². The first-order valence-electron chi connectivity index (χ1n) is 5.61. The SMILES string of the molecule is C=CC(C)[C@H](NC(=O)C(F)(F)F)C(=O)OC(C)(C)C. The second-order valence-electron chi connectivity index (χ2n) is 5.08. The predicted octanol–water partition coefficient (Wildman–Crippen LogP) is 2.20. The van der Waals surface area contributed by atoms with Crippen molar-refractivity contribution < 1.29 is 27.5 Å². The van der Waals surface area contributed by atoms with Crippen molar-refractivity contribution in [3.63, 3.8) is 0 Å². The van der Waals surface area contributed by atoms with Crippen molar-refractivity contribution in [1.29, 1.82) is 0 Å². The molecule has 0 spiro atoms. The van der Waals surface area contributed by atoms with Gasteiger partial charge >= 0.3 is 18.1 Å². The van der Waals surface area contributed by atoms with Gasteiger partial charge in [-0.2, -0.15) is 13.2 Å². The number of ether oxygens (including phenoxy) is 1. The Morgan fingerprint density at radius 2 is 1.74 bits per heavy atom. The molecular weight excluding hydrogens is 263 g/mol. The Labute approximate surface area is 110 Å². The largest absolute Gasteiger partial charge is 0.471 e. The van der Waals surface area contributed by atoms with Gasteiger partial charge in [-0.3, -0.25) is 4.79 Å². The third-order valence-corrected chi connectivity index (χ3v) is 2.10. The quantitative estimate of drug-likeness (QED) is 0.635. The van der Waals surface area contributed by atoms with Crippen LogP contribution in [0.25, 0.3) is 0 Å². The maximum Gasteiger partial charge on any atom is 0.471 e. The summed E-state index contributed by atoms with van der Waals surface area (Å²) in [6.45, 7) is 9.57. The van der Waals surface area contributed by atoms with E-state index in [1.165, 1.54) is 13.0 Å². The fraction of sp³-hybridized carbons (Fsp3) is 0.667. The van der Waals surface area contributed by atoms with Gasteiger partial charge in [0, 0.05) is 5.92 Å². The zero-order valence-electron chi connectivity index (χ0n) is 11.3. The van der Waals surface area contributed by atoms with E-state index in [-0.39, 0.29) is 0 Å². The molecule has 4 nitrogen and oxygen atoms in total. The first-order valence-corrected chi connectivity index (χ1v) is 5.61. The van der Waals surface area contributed by atoms with Crippen LogP contribution in [0.2, 0.25) is 0 Å². The highest BCUT2D eigenvalue weighted by molar-refractivity contribution is 5.88. The van der Waals surface area contributed by atoms with E-state index in [9.17, 15) is 22.8 Å². The van der Waals surface area contributed by atoms with E-state index in [1.54, 1.807) is 26.1 Å². The fourth-order valence-electron chi connectivity index (χ4n) is 1.13. The Balaban J connectivity index is 4.98. The molecule has 0 heterocycles. The molecule has 1 N–H and O–H groups in total. The number of carbonyl (C=O) groups is 2. The summed E-state index contributed by atoms with van der Waals surface area (Å²) < 4.78 is 41.5. The summed E-state index contributed by atoms with van der Waals surface area (Å²) in [5.74, 6) is -3.81. The molecule has 0 aromatic rings. The first kappa shape index (κ1) is 17.5. The number of halogens is 3. The minimum absolute atomic E-state index is 0.693. The summed E-state index contributed by atoms with van der Waals surface area (Å²) in [5.41, 5.74) is -0.862. The van der Waals surface area contributed by atoms with E-state index in [4.69, 9.17) is 4.74 Å². The van der Waals surface area contributed by atoms with E-state index >= 15 is 0 Å². The monoisotopic (exact) mass is 281 g/mol. The maximum atomic E-state index is 12.2. The molecule has 0 aromatic carbocycles. The van der Waals surface area contributed by atoms with Gasteiger partial charge in [0.05, 0.1) is 0 Å². The van der Waals surface area contributed by atoms with Crippen LogP contribution in [0.15, 0.2) is 12.7 Å². The third kappa shape index (κ3) is 6.26. The van der Waals surface area contributed by atoms with Crippen molar-refractivity contribution in [2.75, 3.05) is 0 Å². The van der Waals surface area contributed by atoms with Gasteiger partial charge in [0.15, 0.2) is 0 Å². The molecule has 0 aliphatic carbocycles. The van der Waals surface area contributed by atoms with Crippen LogP contribution in [-0.2, 0) is 14.3 Å². The standard InChI is InChI=1S/C12H18F3NO3/c1-6-7(2)8(9(17)19-11(3,4)5)16-10(18)12(13,14)15/h6-8H,1H2,2-5H3,(H,16,18)/t7?,8-/m0/s1. The molecule has 0 saturated heterocycles. The van der Waals surface area contributed by atoms with Gasteiger partial charge in [-0.15, -0.1) is 6.58 Å². The summed E-state index contributed by atoms with van der Waals surface area (Å²) in [6, 6.07) is -1.43. The van der Waals surface area contributed by atoms with Crippen molar-refractivity contribution in [1.82, 2.24) is 5.32 Å². The summed E-state index contributed by atoms with van der Waals surface area (Å²) in [4.78, 5) is 22.7. The lowest BCUT2D eigenvalue weighted by Gasteiger charge is -2.27. The number of esters is 1. The van der Waals surface area contributed by atoms with Gasteiger partial charge < -0.3 is 10.1 Å². The second kappa shape index (κ2) is 6.08. The number of hydrogen-bond donors (Lipinski definition) is 1. The third-order valence-electron chi connectivity index (χ3n) is 2.10. The molecule has 110 valence electrons. The summed E-state index contributed by atoms with van der Waals surface area (Å²) in [6.07, 6.45) is -3.79. The minimum Gasteiger partial charge on any atom is -0.458 e. The Kier molecular flexibility index (Phi) is 5.59. The van der Waals surface area contributed by atoms with Crippen LogP contribution in [0.5, 0.6) is 0 Å². The van der Waals surface area contributed by atoms with E-state index in [0.717, 1.165) is 0 Å². The van der Waals surface area contributed by atoms with Crippen LogP contribution >= 0.6 is 0 Å². The molecule has 19 heavy (non-hydrogen) atoms. The summed E-state index contributed by atoms with van der Waals surface area (Å²) in [5, 5.41) is 1.62. The molecule has 0 aliphatic rings. The molecule has 0 fully saturated rings. The Hall–Kier alpha value is -1.53. The van der Waals surface area contributed by atoms with E-state index in [2.05, 4.69) is 6.58 Å². The summed E-state index contributed by atoms with van der Waals surface area (Å²) >= 11 is 0. The fourth-order valence-corrected chi connectivity index (χ4v) is 1.13. The van der Waals surface area contributed by atoms with Gasteiger partial charge in [-0.1, -0.05) is 13.0 Å². The number of nitrogens with one attached hydrogen (secondary N) is 1. The molecule has 0 saturated carbocycles. The highest BCUT2D eigenvalue weighted by Crippen LogP contribution is 2.18. The zero-order valence-corrected chi connectivity index (χ0v) is 11.3. The Morgan fingerprint density at radius 1 is 1.26 bits per heavy atom. The van der Waals surface area contributed by atoms with Crippen LogP contribution in [0.3, 0.4) is 0 Å². The predicted molar refractivity (Wildman–Crippen MR) is 63.2 cm³/mol. The Morgan fingerprint density at radius 3 is 2.05 bits per heavy atom. The molecule has 0 rings (SSSR count). The van der Waals surface area contributed by atoms with Crippen molar-refractivity contribution in [2.24, 2.45) is 5.92 Å². The first-order chi connectivity index (χ1) is 8.38. The second-order valence-corrected chi connectivity index (χ2v) is 5.08. The average Bonchev–Trinajstić information content (AvgIpc) is 2.20. The number of amides is 1. The normalized spacial score (nSPS) is 15.3. The number of alkyl halides is 3. The minimum atomic E-state index is -5.05. The van der Waals surface area contributed by atoms with E-state index < -0.39 is 35.6 Å². The molecule has 2 atom stereocenters. The average molecular weight is 281 g/mol. The van der Waals surface area contributed by atoms with Gasteiger partial charge in [0.25, 0.3) is 0 Å². The van der Waals surface area contributed by atoms with Crippen molar-refractivity contribution in [2.45, 2.75) is 45.5 Å². The Bertz CT molecular complexity index is 358.